The number of carbonyl (C=O) groups excluding carboxylic acids is 2. The van der Waals surface area contributed by atoms with Gasteiger partial charge in [0.05, 0.1) is 36.0 Å². The first-order valence-corrected chi connectivity index (χ1v) is 5.81. The van der Waals surface area contributed by atoms with Crippen molar-refractivity contribution in [1.29, 1.82) is 0 Å². The summed E-state index contributed by atoms with van der Waals surface area (Å²) in [7, 11) is 0. The van der Waals surface area contributed by atoms with Gasteiger partial charge in [-0.2, -0.15) is 0 Å². The number of aromatic nitrogens is 4. The number of rotatable bonds is 5. The molecular weight excluding hydrogens is 344 g/mol. The van der Waals surface area contributed by atoms with Gasteiger partial charge in [0.1, 0.15) is 0 Å². The van der Waals surface area contributed by atoms with Gasteiger partial charge in [-0.05, 0) is 12.2 Å². The van der Waals surface area contributed by atoms with Crippen molar-refractivity contribution >= 4 is 18.0 Å². The summed E-state index contributed by atoms with van der Waals surface area (Å²) in [5, 5.41) is 20.0. The molecule has 0 saturated carbocycles. The van der Waals surface area contributed by atoms with E-state index in [0.717, 1.165) is 6.08 Å². The van der Waals surface area contributed by atoms with Crippen LogP contribution in [0.2, 0.25) is 0 Å². The van der Waals surface area contributed by atoms with Crippen molar-refractivity contribution in [3.05, 3.63) is 42.5 Å². The summed E-state index contributed by atoms with van der Waals surface area (Å²) in [6, 6.07) is -0.974. The van der Waals surface area contributed by atoms with Crippen LogP contribution >= 0.6 is 0 Å². The molecule has 0 amide bonds. The Morgan fingerprint density at radius 3 is 2.32 bits per heavy atom. The Bertz CT molecular complexity index is 583. The smallest absolute Gasteiger partial charge is 0.548 e. The number of nitrogens with zero attached hydrogens (tertiary/aromatic N) is 2. The molecule has 0 fully saturated rings. The van der Waals surface area contributed by atoms with Crippen molar-refractivity contribution in [3.63, 3.8) is 0 Å². The van der Waals surface area contributed by atoms with Crippen LogP contribution in [-0.4, -0.2) is 37.9 Å². The van der Waals surface area contributed by atoms with E-state index in [-0.39, 0.29) is 25.9 Å². The van der Waals surface area contributed by atoms with Gasteiger partial charge in [0.25, 0.3) is 0 Å². The van der Waals surface area contributed by atoms with Crippen molar-refractivity contribution in [3.8, 4) is 0 Å². The summed E-state index contributed by atoms with van der Waals surface area (Å²) in [5.41, 5.74) is 6.39. The number of nitrogens with two attached hydrogens (primary N) is 1. The molecule has 1 atom stereocenters. The number of carboxylic acids is 2. The topological polar surface area (TPSA) is 164 Å². The monoisotopic (exact) mass is 355 g/mol. The molecule has 0 radical (unpaired) electrons. The first kappa shape index (κ1) is 19.7. The molecule has 0 spiro atoms. The van der Waals surface area contributed by atoms with E-state index in [0.29, 0.717) is 11.4 Å². The number of aromatic amines is 2. The maximum Gasteiger partial charge on any atom is 2.00 e. The molecule has 2 aromatic rings. The molecule has 0 aliphatic rings. The Hall–Kier alpha value is -2.32. The Morgan fingerprint density at radius 1 is 1.23 bits per heavy atom. The largest absolute Gasteiger partial charge is 2.00 e. The van der Waals surface area contributed by atoms with Gasteiger partial charge >= 0.3 is 19.5 Å². The van der Waals surface area contributed by atoms with Crippen LogP contribution in [0.25, 0.3) is 6.08 Å². The van der Waals surface area contributed by atoms with Crippen LogP contribution in [0.3, 0.4) is 0 Å². The molecule has 0 aliphatic heterocycles. The maximum absolute atomic E-state index is 10.2. The predicted octanol–water partition coefficient (Wildman–Crippen LogP) is -2.80. The zero-order valence-corrected chi connectivity index (χ0v) is 14.5. The Kier molecular flexibility index (Phi) is 9.32. The number of aliphatic carboxylic acids is 2. The fourth-order valence-corrected chi connectivity index (χ4v) is 1.23. The van der Waals surface area contributed by atoms with Gasteiger partial charge in [0, 0.05) is 24.9 Å². The number of carboxylic acid groups (broad SMARTS) is 2. The van der Waals surface area contributed by atoms with Gasteiger partial charge in [-0.15, -0.1) is 0 Å². The molecule has 2 aromatic heterocycles. The Balaban J connectivity index is 0.000000385. The van der Waals surface area contributed by atoms with E-state index in [1.807, 2.05) is 0 Å². The summed E-state index contributed by atoms with van der Waals surface area (Å²) in [4.78, 5) is 32.9. The zero-order chi connectivity index (χ0) is 15.7. The molecule has 2 rings (SSSR count). The molecule has 112 valence electrons. The summed E-state index contributed by atoms with van der Waals surface area (Å²) < 4.78 is 0. The van der Waals surface area contributed by atoms with Crippen LogP contribution in [0.5, 0.6) is 0 Å². The third-order valence-corrected chi connectivity index (χ3v) is 2.20. The molecular formula is C12H13N5O4Zn. The number of H-pyrrole nitrogens is 2. The van der Waals surface area contributed by atoms with E-state index in [4.69, 9.17) is 5.73 Å². The fraction of sp³-hybridized carbons (Fsp3) is 0.167. The van der Waals surface area contributed by atoms with Gasteiger partial charge in [0.2, 0.25) is 0 Å². The summed E-state index contributed by atoms with van der Waals surface area (Å²) in [6.07, 6.45) is 8.60. The maximum atomic E-state index is 10.2. The van der Waals surface area contributed by atoms with Gasteiger partial charge < -0.3 is 35.5 Å². The van der Waals surface area contributed by atoms with Crippen molar-refractivity contribution in [2.45, 2.75) is 12.5 Å². The average Bonchev–Trinajstić information content (AvgIpc) is 3.10. The van der Waals surface area contributed by atoms with E-state index >= 15 is 0 Å². The molecule has 0 saturated heterocycles. The number of nitrogens with one attached hydrogen (secondary N) is 2. The zero-order valence-electron chi connectivity index (χ0n) is 11.6. The van der Waals surface area contributed by atoms with Crippen LogP contribution < -0.4 is 15.9 Å². The van der Waals surface area contributed by atoms with Gasteiger partial charge in [-0.1, -0.05) is 0 Å². The Labute approximate surface area is 138 Å². The van der Waals surface area contributed by atoms with Crippen LogP contribution in [0, 0.1) is 0 Å². The average molecular weight is 357 g/mol. The first-order valence-electron chi connectivity index (χ1n) is 5.81. The normalized spacial score (nSPS) is 11.1. The van der Waals surface area contributed by atoms with Gasteiger partial charge in [-0.25, -0.2) is 9.97 Å². The second-order valence-corrected chi connectivity index (χ2v) is 3.84. The minimum Gasteiger partial charge on any atom is -0.548 e. The van der Waals surface area contributed by atoms with Crippen molar-refractivity contribution < 1.29 is 39.3 Å². The van der Waals surface area contributed by atoms with Crippen molar-refractivity contribution in [2.24, 2.45) is 5.73 Å². The third-order valence-electron chi connectivity index (χ3n) is 2.20. The minimum atomic E-state index is -1.26. The standard InChI is InChI=1S/C6H9N3O2.C6H6N2O2.Zn/c7-5(6(10)11)1-4-2-8-3-9-4;9-6(10)2-1-5-3-7-4-8-5;/h2-3,5H,1,7H2,(H,8,9)(H,10,11);1-4H,(H,7,8)(H,9,10);/q;;+2/p-2/t5-;;/m0../s1. The van der Waals surface area contributed by atoms with Crippen molar-refractivity contribution in [1.82, 2.24) is 19.9 Å². The molecule has 0 bridgehead atoms. The summed E-state index contributed by atoms with van der Waals surface area (Å²) in [6.45, 7) is 0. The molecule has 10 heteroatoms. The van der Waals surface area contributed by atoms with E-state index in [9.17, 15) is 19.8 Å². The molecule has 9 nitrogen and oxygen atoms in total. The molecule has 0 aliphatic carbocycles. The van der Waals surface area contributed by atoms with E-state index in [2.05, 4.69) is 19.9 Å². The molecule has 0 unspecified atom stereocenters. The SMILES string of the molecule is N[C@@H](Cc1c[nH]cn1)C(=O)[O-].O=C([O-])C=Cc1c[nH]cn1.[Zn+2]. The number of hydrogen-bond acceptors (Lipinski definition) is 7. The second-order valence-electron chi connectivity index (χ2n) is 3.84. The van der Waals surface area contributed by atoms with Crippen LogP contribution in [0.4, 0.5) is 0 Å². The van der Waals surface area contributed by atoms with E-state index in [1.54, 1.807) is 12.4 Å². The second kappa shape index (κ2) is 10.4. The molecule has 4 N–H and O–H groups in total. The quantitative estimate of drug-likeness (QED) is 0.384. The predicted molar refractivity (Wildman–Crippen MR) is 67.9 cm³/mol. The van der Waals surface area contributed by atoms with Crippen LogP contribution in [0.1, 0.15) is 11.4 Å². The van der Waals surface area contributed by atoms with Crippen LogP contribution in [-0.2, 0) is 35.5 Å². The van der Waals surface area contributed by atoms with E-state index in [1.165, 1.54) is 18.7 Å². The third kappa shape index (κ3) is 8.08. The first-order chi connectivity index (χ1) is 9.99. The van der Waals surface area contributed by atoms with Gasteiger partial charge in [0.15, 0.2) is 0 Å². The van der Waals surface area contributed by atoms with Gasteiger partial charge in [-0.3, -0.25) is 0 Å². The number of imidazole rings is 2. The van der Waals surface area contributed by atoms with Crippen LogP contribution in [0.15, 0.2) is 31.1 Å². The fourth-order valence-electron chi connectivity index (χ4n) is 1.23. The summed E-state index contributed by atoms with van der Waals surface area (Å²) >= 11 is 0. The number of carbonyl (C=O) groups is 2. The van der Waals surface area contributed by atoms with E-state index < -0.39 is 18.0 Å². The molecule has 2 heterocycles. The molecule has 22 heavy (non-hydrogen) atoms. The Morgan fingerprint density at radius 2 is 1.86 bits per heavy atom. The number of hydrogen-bond donors (Lipinski definition) is 3. The minimum absolute atomic E-state index is 0. The van der Waals surface area contributed by atoms with Crippen molar-refractivity contribution in [2.75, 3.05) is 0 Å². The molecule has 0 aromatic carbocycles. The summed E-state index contributed by atoms with van der Waals surface area (Å²) in [5.74, 6) is -2.48.